The topological polar surface area (TPSA) is 92.8 Å². The van der Waals surface area contributed by atoms with Crippen molar-refractivity contribution >= 4 is 66.2 Å². The van der Waals surface area contributed by atoms with Crippen LogP contribution >= 0.6 is 31.9 Å². The lowest BCUT2D eigenvalue weighted by molar-refractivity contribution is -0.384. The van der Waals surface area contributed by atoms with Gasteiger partial charge in [0.05, 0.1) is 22.3 Å². The first-order valence-electron chi connectivity index (χ1n) is 9.85. The van der Waals surface area contributed by atoms with E-state index in [4.69, 9.17) is 9.98 Å². The first-order chi connectivity index (χ1) is 15.9. The van der Waals surface area contributed by atoms with Crippen LogP contribution in [0.15, 0.2) is 91.8 Å². The Labute approximate surface area is 206 Å². The van der Waals surface area contributed by atoms with Crippen LogP contribution in [0.1, 0.15) is 16.8 Å². The van der Waals surface area contributed by atoms with E-state index in [-0.39, 0.29) is 5.69 Å². The van der Waals surface area contributed by atoms with E-state index >= 15 is 0 Å². The summed E-state index contributed by atoms with van der Waals surface area (Å²) in [7, 11) is 0. The zero-order valence-corrected chi connectivity index (χ0v) is 20.5. The molecule has 0 fully saturated rings. The Kier molecular flexibility index (Phi) is 6.90. The fourth-order valence-electron chi connectivity index (χ4n) is 3.14. The van der Waals surface area contributed by atoms with Gasteiger partial charge < -0.3 is 0 Å². The van der Waals surface area contributed by atoms with Gasteiger partial charge in [-0.1, -0.05) is 40.2 Å². The van der Waals surface area contributed by atoms with E-state index in [1.807, 2.05) is 55.5 Å². The van der Waals surface area contributed by atoms with E-state index in [1.54, 1.807) is 18.3 Å². The van der Waals surface area contributed by atoms with E-state index < -0.39 is 4.92 Å². The second-order valence-electron chi connectivity index (χ2n) is 7.12. The third kappa shape index (κ3) is 5.50. The molecule has 1 heterocycles. The third-order valence-electron chi connectivity index (χ3n) is 4.77. The molecule has 1 aromatic heterocycles. The first-order valence-corrected chi connectivity index (χ1v) is 11.4. The number of non-ortho nitro benzene ring substituents is 1. The molecule has 0 aliphatic rings. The normalized spacial score (nSPS) is 11.8. The standard InChI is InChI=1S/C24H17Br2N5O2/c1-15-12-18(25)13-20(26)23(15)29-24(22-11-8-17-4-2-3-5-21(17)28-22)30-27-14-16-6-9-19(10-7-16)31(32)33/h2-14H,1H3,(H,29,30)/b27-14+. The predicted octanol–water partition coefficient (Wildman–Crippen LogP) is 6.68. The van der Waals surface area contributed by atoms with Crippen molar-refractivity contribution in [1.29, 1.82) is 0 Å². The largest absolute Gasteiger partial charge is 0.269 e. The van der Waals surface area contributed by atoms with Crippen LogP contribution in [0, 0.1) is 17.0 Å². The summed E-state index contributed by atoms with van der Waals surface area (Å²) >= 11 is 7.08. The van der Waals surface area contributed by atoms with Crippen LogP contribution < -0.4 is 5.43 Å². The van der Waals surface area contributed by atoms with Crippen LogP contribution in [0.2, 0.25) is 0 Å². The number of benzene rings is 3. The van der Waals surface area contributed by atoms with E-state index in [2.05, 4.69) is 42.4 Å². The Balaban J connectivity index is 1.71. The zero-order valence-electron chi connectivity index (χ0n) is 17.4. The van der Waals surface area contributed by atoms with Gasteiger partial charge in [0.25, 0.3) is 5.69 Å². The van der Waals surface area contributed by atoms with Crippen molar-refractivity contribution in [2.45, 2.75) is 6.92 Å². The molecule has 3 aromatic carbocycles. The van der Waals surface area contributed by atoms with Gasteiger partial charge in [-0.05, 0) is 70.4 Å². The molecule has 0 bridgehead atoms. The highest BCUT2D eigenvalue weighted by Gasteiger charge is 2.11. The molecule has 0 aliphatic carbocycles. The third-order valence-corrected chi connectivity index (χ3v) is 5.83. The van der Waals surface area contributed by atoms with Gasteiger partial charge >= 0.3 is 0 Å². The van der Waals surface area contributed by atoms with Crippen molar-refractivity contribution in [3.05, 3.63) is 109 Å². The molecule has 0 saturated carbocycles. The fourth-order valence-corrected chi connectivity index (χ4v) is 4.66. The van der Waals surface area contributed by atoms with Crippen LogP contribution in [0.4, 0.5) is 11.4 Å². The average molecular weight is 567 g/mol. The molecule has 0 unspecified atom stereocenters. The minimum absolute atomic E-state index is 0.0262. The molecule has 0 aliphatic heterocycles. The number of para-hydroxylation sites is 1. The number of hydrogen-bond acceptors (Lipinski definition) is 5. The Morgan fingerprint density at radius 2 is 1.82 bits per heavy atom. The smallest absolute Gasteiger partial charge is 0.260 e. The summed E-state index contributed by atoms with van der Waals surface area (Å²) in [5.41, 5.74) is 6.92. The Hall–Kier alpha value is -3.43. The van der Waals surface area contributed by atoms with Crippen molar-refractivity contribution in [2.24, 2.45) is 10.1 Å². The van der Waals surface area contributed by atoms with Crippen LogP contribution in [-0.2, 0) is 0 Å². The van der Waals surface area contributed by atoms with Gasteiger partial charge in [0.2, 0.25) is 0 Å². The Bertz CT molecular complexity index is 1380. The van der Waals surface area contributed by atoms with Crippen molar-refractivity contribution in [3.8, 4) is 0 Å². The fraction of sp³-hybridized carbons (Fsp3) is 0.0417. The molecule has 33 heavy (non-hydrogen) atoms. The maximum absolute atomic E-state index is 10.8. The Morgan fingerprint density at radius 3 is 2.55 bits per heavy atom. The van der Waals surface area contributed by atoms with Crippen LogP contribution in [0.25, 0.3) is 10.9 Å². The highest BCUT2D eigenvalue weighted by molar-refractivity contribution is 9.11. The number of rotatable bonds is 5. The van der Waals surface area contributed by atoms with E-state index in [9.17, 15) is 10.1 Å². The molecule has 0 amide bonds. The van der Waals surface area contributed by atoms with E-state index in [1.165, 1.54) is 12.1 Å². The summed E-state index contributed by atoms with van der Waals surface area (Å²) in [4.78, 5) is 20.0. The molecule has 0 radical (unpaired) electrons. The minimum atomic E-state index is -0.437. The monoisotopic (exact) mass is 565 g/mol. The second kappa shape index (κ2) is 10.0. The highest BCUT2D eigenvalue weighted by atomic mass is 79.9. The number of aromatic nitrogens is 1. The van der Waals surface area contributed by atoms with Gasteiger partial charge in [0.15, 0.2) is 5.84 Å². The number of nitrogens with one attached hydrogen (secondary N) is 1. The molecule has 0 atom stereocenters. The molecule has 0 spiro atoms. The van der Waals surface area contributed by atoms with Crippen LogP contribution in [-0.4, -0.2) is 22.0 Å². The number of aryl methyl sites for hydroxylation is 1. The molecule has 4 rings (SSSR count). The number of nitrogens with zero attached hydrogens (tertiary/aromatic N) is 4. The summed E-state index contributed by atoms with van der Waals surface area (Å²) in [6, 6.07) is 21.7. The predicted molar refractivity (Wildman–Crippen MR) is 138 cm³/mol. The number of hydrogen-bond donors (Lipinski definition) is 1. The first kappa shape index (κ1) is 22.8. The van der Waals surface area contributed by atoms with Gasteiger partial charge in [-0.15, -0.1) is 0 Å². The molecule has 0 saturated heterocycles. The molecule has 4 aromatic rings. The Morgan fingerprint density at radius 1 is 1.06 bits per heavy atom. The highest BCUT2D eigenvalue weighted by Crippen LogP contribution is 2.33. The molecule has 7 nitrogen and oxygen atoms in total. The zero-order chi connectivity index (χ0) is 23.4. The van der Waals surface area contributed by atoms with Crippen molar-refractivity contribution in [3.63, 3.8) is 0 Å². The van der Waals surface area contributed by atoms with Gasteiger partial charge in [0, 0.05) is 26.5 Å². The lowest BCUT2D eigenvalue weighted by atomic mass is 10.2. The SMILES string of the molecule is Cc1cc(Br)cc(Br)c1N=C(N/N=C/c1ccc([N+](=O)[O-])cc1)c1ccc2ccccc2n1. The van der Waals surface area contributed by atoms with Gasteiger partial charge in [-0.25, -0.2) is 9.98 Å². The summed E-state index contributed by atoms with van der Waals surface area (Å²) in [5.74, 6) is 0.463. The quantitative estimate of drug-likeness (QED) is 0.126. The lowest BCUT2D eigenvalue weighted by Crippen LogP contribution is -2.20. The maximum Gasteiger partial charge on any atom is 0.269 e. The molecule has 1 N–H and O–H groups in total. The number of aliphatic imine (C=N–C) groups is 1. The summed E-state index contributed by atoms with van der Waals surface area (Å²) in [6.07, 6.45) is 1.57. The van der Waals surface area contributed by atoms with Gasteiger partial charge in [-0.3, -0.25) is 15.5 Å². The van der Waals surface area contributed by atoms with Crippen molar-refractivity contribution in [2.75, 3.05) is 0 Å². The summed E-state index contributed by atoms with van der Waals surface area (Å²) in [6.45, 7) is 1.97. The molecular weight excluding hydrogens is 550 g/mol. The van der Waals surface area contributed by atoms with E-state index in [0.717, 1.165) is 31.1 Å². The maximum atomic E-state index is 10.8. The number of nitro groups is 1. The van der Waals surface area contributed by atoms with Crippen molar-refractivity contribution < 1.29 is 4.92 Å². The average Bonchev–Trinajstić information content (AvgIpc) is 2.80. The molecule has 164 valence electrons. The van der Waals surface area contributed by atoms with Crippen LogP contribution in [0.3, 0.4) is 0 Å². The number of fused-ring (bicyclic) bond motifs is 1. The molecular formula is C24H17Br2N5O2. The van der Waals surface area contributed by atoms with Crippen LogP contribution in [0.5, 0.6) is 0 Å². The van der Waals surface area contributed by atoms with Crippen molar-refractivity contribution in [1.82, 2.24) is 10.4 Å². The lowest BCUT2D eigenvalue weighted by Gasteiger charge is -2.10. The summed E-state index contributed by atoms with van der Waals surface area (Å²) < 4.78 is 1.77. The summed E-state index contributed by atoms with van der Waals surface area (Å²) in [5, 5.41) is 16.2. The molecule has 9 heteroatoms. The van der Waals surface area contributed by atoms with Gasteiger partial charge in [0.1, 0.15) is 5.69 Å². The minimum Gasteiger partial charge on any atom is -0.260 e. The van der Waals surface area contributed by atoms with E-state index in [0.29, 0.717) is 17.1 Å². The number of pyridine rings is 1. The number of amidine groups is 1. The second-order valence-corrected chi connectivity index (χ2v) is 8.89. The van der Waals surface area contributed by atoms with Gasteiger partial charge in [-0.2, -0.15) is 5.10 Å². The number of nitro benzene ring substituents is 1. The number of hydrazone groups is 1. The number of halogens is 2.